The molecule has 4 heteroatoms. The minimum absolute atomic E-state index is 0.222. The van der Waals surface area contributed by atoms with E-state index in [4.69, 9.17) is 5.10 Å². The predicted molar refractivity (Wildman–Crippen MR) is 86.4 cm³/mol. The van der Waals surface area contributed by atoms with Crippen LogP contribution in [-0.4, -0.2) is 44.5 Å². The third kappa shape index (κ3) is 3.67. The highest BCUT2D eigenvalue weighted by Crippen LogP contribution is 2.29. The van der Waals surface area contributed by atoms with Crippen molar-refractivity contribution < 1.29 is 5.11 Å². The Bertz CT molecular complexity index is 431. The van der Waals surface area contributed by atoms with Crippen molar-refractivity contribution in [3.05, 3.63) is 18.0 Å². The van der Waals surface area contributed by atoms with E-state index in [1.807, 2.05) is 0 Å². The van der Waals surface area contributed by atoms with Crippen molar-refractivity contribution in [1.29, 1.82) is 0 Å². The first kappa shape index (κ1) is 16.5. The molecule has 0 saturated heterocycles. The van der Waals surface area contributed by atoms with Gasteiger partial charge in [0.2, 0.25) is 0 Å². The lowest BCUT2D eigenvalue weighted by Gasteiger charge is -2.40. The summed E-state index contributed by atoms with van der Waals surface area (Å²) >= 11 is 0. The lowest BCUT2D eigenvalue weighted by molar-refractivity contribution is -0.00473. The van der Waals surface area contributed by atoms with Gasteiger partial charge < -0.3 is 5.11 Å². The monoisotopic (exact) mass is 293 g/mol. The number of nitrogens with zero attached hydrogens (tertiary/aromatic N) is 3. The van der Waals surface area contributed by atoms with E-state index in [2.05, 4.69) is 49.5 Å². The van der Waals surface area contributed by atoms with Crippen LogP contribution in [0.5, 0.6) is 0 Å². The summed E-state index contributed by atoms with van der Waals surface area (Å²) in [6, 6.07) is 2.64. The first-order chi connectivity index (χ1) is 9.98. The molecule has 1 atom stereocenters. The van der Waals surface area contributed by atoms with Gasteiger partial charge >= 0.3 is 0 Å². The average Bonchev–Trinajstić information content (AvgIpc) is 3.09. The molecule has 1 aliphatic carbocycles. The van der Waals surface area contributed by atoms with E-state index in [1.54, 1.807) is 0 Å². The molecule has 1 aliphatic rings. The van der Waals surface area contributed by atoms with E-state index in [0.717, 1.165) is 18.8 Å². The Morgan fingerprint density at radius 1 is 1.33 bits per heavy atom. The highest BCUT2D eigenvalue weighted by Gasteiger charge is 2.33. The molecule has 1 saturated carbocycles. The number of rotatable bonds is 7. The van der Waals surface area contributed by atoms with Gasteiger partial charge in [0.15, 0.2) is 0 Å². The Labute approximate surface area is 129 Å². The second kappa shape index (κ2) is 6.93. The number of likely N-dealkylation sites (N-methyl/N-ethyl adjacent to an activating group) is 1. The summed E-state index contributed by atoms with van der Waals surface area (Å²) in [7, 11) is 0. The molecule has 2 rings (SSSR count). The standard InChI is InChI=1S/C17H31N3O/c1-5-19(6-2)17(3,4)16(21)13-14-11-12-20(18-14)15-9-7-8-10-15/h11-12,15-16,21H,5-10,13H2,1-4H3. The van der Waals surface area contributed by atoms with Gasteiger partial charge in [-0.1, -0.05) is 26.7 Å². The second-order valence-corrected chi connectivity index (χ2v) is 6.77. The van der Waals surface area contributed by atoms with Crippen LogP contribution in [0.2, 0.25) is 0 Å². The van der Waals surface area contributed by atoms with E-state index in [9.17, 15) is 5.11 Å². The zero-order valence-corrected chi connectivity index (χ0v) is 14.0. The zero-order valence-electron chi connectivity index (χ0n) is 14.0. The van der Waals surface area contributed by atoms with Gasteiger partial charge in [-0.05, 0) is 45.8 Å². The van der Waals surface area contributed by atoms with E-state index < -0.39 is 6.10 Å². The molecule has 1 unspecified atom stereocenters. The molecule has 1 N–H and O–H groups in total. The molecule has 21 heavy (non-hydrogen) atoms. The molecule has 4 nitrogen and oxygen atoms in total. The number of aliphatic hydroxyl groups is 1. The molecule has 1 heterocycles. The zero-order chi connectivity index (χ0) is 15.5. The summed E-state index contributed by atoms with van der Waals surface area (Å²) in [5.41, 5.74) is 0.787. The lowest BCUT2D eigenvalue weighted by atomic mass is 9.91. The van der Waals surface area contributed by atoms with Gasteiger partial charge in [0.1, 0.15) is 0 Å². The third-order valence-corrected chi connectivity index (χ3v) is 5.16. The Hall–Kier alpha value is -0.870. The summed E-state index contributed by atoms with van der Waals surface area (Å²) in [5, 5.41) is 15.3. The van der Waals surface area contributed by atoms with Crippen LogP contribution in [-0.2, 0) is 6.42 Å². The lowest BCUT2D eigenvalue weighted by Crippen LogP contribution is -2.53. The van der Waals surface area contributed by atoms with Crippen molar-refractivity contribution >= 4 is 0 Å². The number of aromatic nitrogens is 2. The molecule has 0 amide bonds. The van der Waals surface area contributed by atoms with Crippen LogP contribution in [0.25, 0.3) is 0 Å². The highest BCUT2D eigenvalue weighted by molar-refractivity contribution is 5.05. The summed E-state index contributed by atoms with van der Waals surface area (Å²) in [5.74, 6) is 0. The van der Waals surface area contributed by atoms with E-state index in [1.165, 1.54) is 25.7 Å². The van der Waals surface area contributed by atoms with Crippen LogP contribution >= 0.6 is 0 Å². The maximum Gasteiger partial charge on any atom is 0.0774 e. The Morgan fingerprint density at radius 3 is 2.52 bits per heavy atom. The average molecular weight is 293 g/mol. The van der Waals surface area contributed by atoms with E-state index in [-0.39, 0.29) is 5.54 Å². The molecule has 1 fully saturated rings. The Balaban J connectivity index is 2.00. The molecule has 1 aromatic rings. The molecule has 0 spiro atoms. The molecule has 0 bridgehead atoms. The van der Waals surface area contributed by atoms with Crippen LogP contribution in [0.15, 0.2) is 12.3 Å². The highest BCUT2D eigenvalue weighted by atomic mass is 16.3. The van der Waals surface area contributed by atoms with Crippen LogP contribution in [0.1, 0.15) is 65.1 Å². The van der Waals surface area contributed by atoms with Crippen molar-refractivity contribution in [3.8, 4) is 0 Å². The topological polar surface area (TPSA) is 41.3 Å². The fraction of sp³-hybridized carbons (Fsp3) is 0.824. The fourth-order valence-electron chi connectivity index (χ4n) is 3.56. The van der Waals surface area contributed by atoms with Crippen molar-refractivity contribution in [3.63, 3.8) is 0 Å². The molecule has 120 valence electrons. The van der Waals surface area contributed by atoms with Crippen molar-refractivity contribution in [2.75, 3.05) is 13.1 Å². The largest absolute Gasteiger partial charge is 0.391 e. The molecular formula is C17H31N3O. The molecule has 0 aliphatic heterocycles. The van der Waals surface area contributed by atoms with Gasteiger partial charge in [0.25, 0.3) is 0 Å². The van der Waals surface area contributed by atoms with E-state index >= 15 is 0 Å². The van der Waals surface area contributed by atoms with Crippen molar-refractivity contribution in [1.82, 2.24) is 14.7 Å². The van der Waals surface area contributed by atoms with Crippen molar-refractivity contribution in [2.24, 2.45) is 0 Å². The van der Waals surface area contributed by atoms with E-state index in [0.29, 0.717) is 12.5 Å². The second-order valence-electron chi connectivity index (χ2n) is 6.77. The predicted octanol–water partition coefficient (Wildman–Crippen LogP) is 3.02. The van der Waals surface area contributed by atoms with Gasteiger partial charge in [-0.3, -0.25) is 9.58 Å². The summed E-state index contributed by atoms with van der Waals surface area (Å²) in [6.45, 7) is 10.4. The maximum absolute atomic E-state index is 10.6. The minimum Gasteiger partial charge on any atom is -0.391 e. The van der Waals surface area contributed by atoms with Crippen LogP contribution < -0.4 is 0 Å². The third-order valence-electron chi connectivity index (χ3n) is 5.16. The van der Waals surface area contributed by atoms with Gasteiger partial charge in [0.05, 0.1) is 17.8 Å². The van der Waals surface area contributed by atoms with Gasteiger partial charge in [-0.15, -0.1) is 0 Å². The normalized spacial score (nSPS) is 18.6. The maximum atomic E-state index is 10.6. The summed E-state index contributed by atoms with van der Waals surface area (Å²) in [6.07, 6.45) is 7.44. The molecule has 0 radical (unpaired) electrons. The van der Waals surface area contributed by atoms with Gasteiger partial charge in [0, 0.05) is 18.2 Å². The van der Waals surface area contributed by atoms with Crippen molar-refractivity contribution in [2.45, 2.75) is 77.5 Å². The number of aliphatic hydroxyl groups excluding tert-OH is 1. The summed E-state index contributed by atoms with van der Waals surface area (Å²) in [4.78, 5) is 2.31. The van der Waals surface area contributed by atoms with Crippen LogP contribution in [0.4, 0.5) is 0 Å². The fourth-order valence-corrected chi connectivity index (χ4v) is 3.56. The number of hydrogen-bond acceptors (Lipinski definition) is 3. The molecular weight excluding hydrogens is 262 g/mol. The Kier molecular flexibility index (Phi) is 5.44. The first-order valence-corrected chi connectivity index (χ1v) is 8.46. The SMILES string of the molecule is CCN(CC)C(C)(C)C(O)Cc1ccn(C2CCCC2)n1. The van der Waals surface area contributed by atoms with Crippen LogP contribution in [0, 0.1) is 0 Å². The number of hydrogen-bond donors (Lipinski definition) is 1. The van der Waals surface area contributed by atoms with Gasteiger partial charge in [-0.2, -0.15) is 5.10 Å². The van der Waals surface area contributed by atoms with Crippen LogP contribution in [0.3, 0.4) is 0 Å². The first-order valence-electron chi connectivity index (χ1n) is 8.46. The molecule has 0 aromatic carbocycles. The summed E-state index contributed by atoms with van der Waals surface area (Å²) < 4.78 is 2.11. The Morgan fingerprint density at radius 2 is 1.95 bits per heavy atom. The minimum atomic E-state index is -0.399. The molecule has 1 aromatic heterocycles. The quantitative estimate of drug-likeness (QED) is 0.840. The smallest absolute Gasteiger partial charge is 0.0774 e. The van der Waals surface area contributed by atoms with Gasteiger partial charge in [-0.25, -0.2) is 0 Å².